The van der Waals surface area contributed by atoms with Gasteiger partial charge in [0.25, 0.3) is 0 Å². The first-order valence-electron chi connectivity index (χ1n) is 7.73. The van der Waals surface area contributed by atoms with Crippen molar-refractivity contribution >= 4 is 5.91 Å². The van der Waals surface area contributed by atoms with Crippen molar-refractivity contribution in [2.24, 2.45) is 0 Å². The summed E-state index contributed by atoms with van der Waals surface area (Å²) in [6, 6.07) is 10.7. The second-order valence-electron chi connectivity index (χ2n) is 5.80. The highest BCUT2D eigenvalue weighted by molar-refractivity contribution is 5.76. The van der Waals surface area contributed by atoms with Crippen molar-refractivity contribution in [1.82, 2.24) is 19.4 Å². The molecule has 22 heavy (non-hydrogen) atoms. The first-order valence-corrected chi connectivity index (χ1v) is 7.73. The molecule has 1 unspecified atom stereocenters. The van der Waals surface area contributed by atoms with Crippen molar-refractivity contribution < 1.29 is 4.79 Å². The van der Waals surface area contributed by atoms with Crippen LogP contribution in [0.15, 0.2) is 49.1 Å². The van der Waals surface area contributed by atoms with Crippen molar-refractivity contribution in [1.29, 1.82) is 0 Å². The van der Waals surface area contributed by atoms with Gasteiger partial charge in [-0.05, 0) is 12.6 Å². The fraction of sp³-hybridized carbons (Fsp3) is 0.412. The third kappa shape index (κ3) is 3.36. The lowest BCUT2D eigenvalue weighted by molar-refractivity contribution is -0.134. The molecule has 5 heteroatoms. The summed E-state index contributed by atoms with van der Waals surface area (Å²) >= 11 is 0. The van der Waals surface area contributed by atoms with Gasteiger partial charge in [0.05, 0.1) is 12.4 Å². The van der Waals surface area contributed by atoms with Gasteiger partial charge >= 0.3 is 0 Å². The fourth-order valence-electron chi connectivity index (χ4n) is 2.94. The van der Waals surface area contributed by atoms with Crippen molar-refractivity contribution in [2.45, 2.75) is 19.0 Å². The zero-order chi connectivity index (χ0) is 15.4. The fourth-order valence-corrected chi connectivity index (χ4v) is 2.94. The lowest BCUT2D eigenvalue weighted by Gasteiger charge is -2.39. The van der Waals surface area contributed by atoms with Crippen LogP contribution in [0.3, 0.4) is 0 Å². The normalized spacial score (nSPS) is 19.3. The number of piperazine rings is 1. The monoisotopic (exact) mass is 298 g/mol. The predicted molar refractivity (Wildman–Crippen MR) is 85.2 cm³/mol. The van der Waals surface area contributed by atoms with E-state index in [2.05, 4.69) is 41.2 Å². The highest BCUT2D eigenvalue weighted by Gasteiger charge is 2.27. The van der Waals surface area contributed by atoms with Crippen LogP contribution < -0.4 is 0 Å². The number of benzene rings is 1. The third-order valence-corrected chi connectivity index (χ3v) is 4.33. The SMILES string of the molecule is CN1CCN(C(=O)CCn2ccnc2)CC1c1ccccc1. The zero-order valence-electron chi connectivity index (χ0n) is 12.9. The molecule has 2 aromatic rings. The van der Waals surface area contributed by atoms with Crippen LogP contribution in [-0.4, -0.2) is 51.9 Å². The Morgan fingerprint density at radius 3 is 2.82 bits per heavy atom. The maximum Gasteiger partial charge on any atom is 0.224 e. The van der Waals surface area contributed by atoms with Gasteiger partial charge in [-0.1, -0.05) is 30.3 Å². The number of nitrogens with zero attached hydrogens (tertiary/aromatic N) is 4. The molecule has 1 saturated heterocycles. The van der Waals surface area contributed by atoms with Crippen LogP contribution in [0.4, 0.5) is 0 Å². The predicted octanol–water partition coefficient (Wildman–Crippen LogP) is 1.79. The molecule has 1 amide bonds. The first kappa shape index (κ1) is 14.8. The smallest absolute Gasteiger partial charge is 0.224 e. The number of rotatable bonds is 4. The standard InChI is InChI=1S/C17H22N4O/c1-19-11-12-21(13-16(19)15-5-3-2-4-6-15)17(22)7-9-20-10-8-18-14-20/h2-6,8,10,14,16H,7,9,11-13H2,1H3. The molecular formula is C17H22N4O. The molecule has 1 atom stereocenters. The van der Waals surface area contributed by atoms with Gasteiger partial charge in [-0.3, -0.25) is 9.69 Å². The van der Waals surface area contributed by atoms with Crippen LogP contribution in [0.2, 0.25) is 0 Å². The van der Waals surface area contributed by atoms with E-state index in [0.717, 1.165) is 19.6 Å². The second kappa shape index (κ2) is 6.75. The molecule has 116 valence electrons. The molecule has 1 aliphatic rings. The Hall–Kier alpha value is -2.14. The first-order chi connectivity index (χ1) is 10.7. The largest absolute Gasteiger partial charge is 0.339 e. The van der Waals surface area contributed by atoms with Gasteiger partial charge in [-0.15, -0.1) is 0 Å². The van der Waals surface area contributed by atoms with E-state index in [-0.39, 0.29) is 11.9 Å². The van der Waals surface area contributed by atoms with Crippen LogP contribution in [-0.2, 0) is 11.3 Å². The zero-order valence-corrected chi connectivity index (χ0v) is 12.9. The quantitative estimate of drug-likeness (QED) is 0.864. The summed E-state index contributed by atoms with van der Waals surface area (Å²) in [5.41, 5.74) is 1.28. The summed E-state index contributed by atoms with van der Waals surface area (Å²) in [6.07, 6.45) is 5.92. The molecule has 5 nitrogen and oxygen atoms in total. The van der Waals surface area contributed by atoms with E-state index in [0.29, 0.717) is 13.0 Å². The molecule has 0 aliphatic carbocycles. The molecular weight excluding hydrogens is 276 g/mol. The van der Waals surface area contributed by atoms with E-state index < -0.39 is 0 Å². The molecule has 0 bridgehead atoms. The van der Waals surface area contributed by atoms with Gasteiger partial charge < -0.3 is 9.47 Å². The van der Waals surface area contributed by atoms with Gasteiger partial charge in [-0.25, -0.2) is 4.98 Å². The lowest BCUT2D eigenvalue weighted by Crippen LogP contribution is -2.49. The minimum absolute atomic E-state index is 0.225. The van der Waals surface area contributed by atoms with Gasteiger partial charge in [0.1, 0.15) is 0 Å². The molecule has 2 heterocycles. The van der Waals surface area contributed by atoms with Crippen molar-refractivity contribution in [3.63, 3.8) is 0 Å². The van der Waals surface area contributed by atoms with E-state index in [1.807, 2.05) is 21.7 Å². The Balaban J connectivity index is 1.61. The van der Waals surface area contributed by atoms with Crippen molar-refractivity contribution in [2.75, 3.05) is 26.7 Å². The number of aromatic nitrogens is 2. The molecule has 0 N–H and O–H groups in total. The van der Waals surface area contributed by atoms with E-state index in [9.17, 15) is 4.79 Å². The highest BCUT2D eigenvalue weighted by Crippen LogP contribution is 2.24. The average Bonchev–Trinajstić information content (AvgIpc) is 3.07. The minimum atomic E-state index is 0.225. The van der Waals surface area contributed by atoms with Crippen LogP contribution in [0.5, 0.6) is 0 Å². The van der Waals surface area contributed by atoms with Gasteiger partial charge in [-0.2, -0.15) is 0 Å². The molecule has 1 fully saturated rings. The van der Waals surface area contributed by atoms with Crippen LogP contribution in [0.1, 0.15) is 18.0 Å². The molecule has 1 aromatic heterocycles. The average molecular weight is 298 g/mol. The Kier molecular flexibility index (Phi) is 4.53. The topological polar surface area (TPSA) is 41.4 Å². The van der Waals surface area contributed by atoms with Crippen LogP contribution in [0, 0.1) is 0 Å². The van der Waals surface area contributed by atoms with Crippen LogP contribution in [0.25, 0.3) is 0 Å². The van der Waals surface area contributed by atoms with E-state index in [1.54, 1.807) is 12.5 Å². The summed E-state index contributed by atoms with van der Waals surface area (Å²) in [7, 11) is 2.13. The van der Waals surface area contributed by atoms with Crippen molar-refractivity contribution in [3.8, 4) is 0 Å². The number of amides is 1. The Labute approximate surface area is 131 Å². The second-order valence-corrected chi connectivity index (χ2v) is 5.80. The molecule has 0 radical (unpaired) electrons. The lowest BCUT2D eigenvalue weighted by atomic mass is 10.0. The third-order valence-electron chi connectivity index (χ3n) is 4.33. The Bertz CT molecular complexity index is 596. The molecule has 0 saturated carbocycles. The minimum Gasteiger partial charge on any atom is -0.339 e. The molecule has 1 aromatic carbocycles. The van der Waals surface area contributed by atoms with Gasteiger partial charge in [0.2, 0.25) is 5.91 Å². The summed E-state index contributed by atoms with van der Waals surface area (Å²) < 4.78 is 1.95. The van der Waals surface area contributed by atoms with Crippen LogP contribution >= 0.6 is 0 Å². The number of carbonyl (C=O) groups is 1. The molecule has 1 aliphatic heterocycles. The summed E-state index contributed by atoms with van der Waals surface area (Å²) in [6.45, 7) is 3.18. The maximum atomic E-state index is 12.5. The Morgan fingerprint density at radius 2 is 2.09 bits per heavy atom. The van der Waals surface area contributed by atoms with E-state index in [1.165, 1.54) is 5.56 Å². The number of imidazole rings is 1. The summed E-state index contributed by atoms with van der Waals surface area (Å²) in [5.74, 6) is 0.225. The number of likely N-dealkylation sites (N-methyl/N-ethyl adjacent to an activating group) is 1. The molecule has 0 spiro atoms. The van der Waals surface area contributed by atoms with E-state index in [4.69, 9.17) is 0 Å². The van der Waals surface area contributed by atoms with Gasteiger partial charge in [0, 0.05) is 45.0 Å². The van der Waals surface area contributed by atoms with E-state index >= 15 is 0 Å². The number of aryl methyl sites for hydroxylation is 1. The van der Waals surface area contributed by atoms with Crippen molar-refractivity contribution in [3.05, 3.63) is 54.6 Å². The highest BCUT2D eigenvalue weighted by atomic mass is 16.2. The number of carbonyl (C=O) groups excluding carboxylic acids is 1. The Morgan fingerprint density at radius 1 is 1.27 bits per heavy atom. The number of hydrogen-bond acceptors (Lipinski definition) is 3. The number of hydrogen-bond donors (Lipinski definition) is 0. The molecule has 3 rings (SSSR count). The summed E-state index contributed by atoms with van der Waals surface area (Å²) in [4.78, 5) is 20.8. The maximum absolute atomic E-state index is 12.5. The summed E-state index contributed by atoms with van der Waals surface area (Å²) in [5, 5.41) is 0. The van der Waals surface area contributed by atoms with Gasteiger partial charge in [0.15, 0.2) is 0 Å².